The second kappa shape index (κ2) is 9.46. The minimum absolute atomic E-state index is 0.153. The molecule has 1 N–H and O–H groups in total. The Kier molecular flexibility index (Phi) is 6.18. The summed E-state index contributed by atoms with van der Waals surface area (Å²) in [5.74, 6) is 0.923. The van der Waals surface area contributed by atoms with Crippen LogP contribution in [0.25, 0.3) is 17.0 Å². The van der Waals surface area contributed by atoms with Crippen molar-refractivity contribution in [3.05, 3.63) is 112 Å². The number of urea groups is 1. The van der Waals surface area contributed by atoms with Crippen molar-refractivity contribution in [1.82, 2.24) is 20.4 Å². The van der Waals surface area contributed by atoms with Crippen LogP contribution >= 0.6 is 0 Å². The van der Waals surface area contributed by atoms with E-state index in [1.165, 1.54) is 5.56 Å². The van der Waals surface area contributed by atoms with E-state index in [-0.39, 0.29) is 6.03 Å². The molecular formula is C30H30N4O2. The van der Waals surface area contributed by atoms with Gasteiger partial charge in [0.15, 0.2) is 0 Å². The number of carbonyl (C=O) groups is 1. The predicted octanol–water partition coefficient (Wildman–Crippen LogP) is 6.67. The molecule has 0 saturated heterocycles. The molecule has 1 atom stereocenters. The van der Waals surface area contributed by atoms with E-state index in [9.17, 15) is 4.79 Å². The van der Waals surface area contributed by atoms with Gasteiger partial charge in [0.05, 0.1) is 18.2 Å². The number of allylic oxidation sites excluding steroid dienone is 1. The van der Waals surface area contributed by atoms with E-state index in [0.717, 1.165) is 44.7 Å². The van der Waals surface area contributed by atoms with Crippen LogP contribution in [0.4, 0.5) is 4.79 Å². The molecule has 1 aliphatic heterocycles. The van der Waals surface area contributed by atoms with Crippen LogP contribution in [0.2, 0.25) is 0 Å². The minimum Gasteiger partial charge on any atom is -0.334 e. The summed E-state index contributed by atoms with van der Waals surface area (Å²) in [5.41, 5.74) is 9.19. The van der Waals surface area contributed by atoms with Gasteiger partial charge in [-0.1, -0.05) is 83.0 Å². The summed E-state index contributed by atoms with van der Waals surface area (Å²) < 4.78 is 5.82. The number of aromatic nitrogens is 2. The Morgan fingerprint density at radius 1 is 0.889 bits per heavy atom. The molecule has 5 rings (SSSR count). The molecule has 0 bridgehead atoms. The number of hydrogen-bond donors (Lipinski definition) is 1. The molecule has 2 amide bonds. The van der Waals surface area contributed by atoms with Crippen molar-refractivity contribution in [3.8, 4) is 11.4 Å². The van der Waals surface area contributed by atoms with Crippen LogP contribution < -0.4 is 5.32 Å². The average Bonchev–Trinajstić information content (AvgIpc) is 3.33. The highest BCUT2D eigenvalue weighted by atomic mass is 16.5. The molecule has 6 heteroatoms. The zero-order valence-corrected chi connectivity index (χ0v) is 21.3. The quantitative estimate of drug-likeness (QED) is 0.348. The van der Waals surface area contributed by atoms with Gasteiger partial charge < -0.3 is 9.84 Å². The monoisotopic (exact) mass is 478 g/mol. The Hall–Kier alpha value is -4.19. The van der Waals surface area contributed by atoms with E-state index < -0.39 is 6.04 Å². The number of carbonyl (C=O) groups excluding carboxylic acids is 1. The van der Waals surface area contributed by atoms with Gasteiger partial charge in [0, 0.05) is 11.3 Å². The lowest BCUT2D eigenvalue weighted by molar-refractivity contribution is 0.203. The molecule has 2 heterocycles. The number of nitrogens with one attached hydrogen (secondary N) is 1. The fraction of sp³-hybridized carbons (Fsp3) is 0.233. The van der Waals surface area contributed by atoms with Gasteiger partial charge in [-0.05, 0) is 56.9 Å². The SMILES string of the molecule is CC1=C(c2nc(-c3ccc(C)cc3)no2)C(c2ccc(C)c(C)c2)NC(=O)N1Cc1cccc(C)c1. The van der Waals surface area contributed by atoms with Crippen molar-refractivity contribution in [3.63, 3.8) is 0 Å². The van der Waals surface area contributed by atoms with Crippen molar-refractivity contribution < 1.29 is 9.32 Å². The zero-order chi connectivity index (χ0) is 25.4. The van der Waals surface area contributed by atoms with Crippen LogP contribution in [0.5, 0.6) is 0 Å². The highest BCUT2D eigenvalue weighted by Gasteiger charge is 2.36. The fourth-order valence-corrected chi connectivity index (χ4v) is 4.59. The molecule has 3 aromatic carbocycles. The molecule has 0 saturated carbocycles. The third-order valence-electron chi connectivity index (χ3n) is 6.85. The van der Waals surface area contributed by atoms with Crippen LogP contribution in [0.3, 0.4) is 0 Å². The summed E-state index contributed by atoms with van der Waals surface area (Å²) in [7, 11) is 0. The van der Waals surface area contributed by atoms with Crippen molar-refractivity contribution >= 4 is 11.6 Å². The first-order chi connectivity index (χ1) is 17.3. The van der Waals surface area contributed by atoms with Crippen molar-refractivity contribution in [2.75, 3.05) is 0 Å². The second-order valence-corrected chi connectivity index (χ2v) is 9.59. The number of amides is 2. The third kappa shape index (κ3) is 4.54. The van der Waals surface area contributed by atoms with Crippen molar-refractivity contribution in [2.45, 2.75) is 47.2 Å². The average molecular weight is 479 g/mol. The molecule has 182 valence electrons. The van der Waals surface area contributed by atoms with Gasteiger partial charge in [-0.3, -0.25) is 4.90 Å². The largest absolute Gasteiger partial charge is 0.334 e. The summed E-state index contributed by atoms with van der Waals surface area (Å²) in [6.45, 7) is 10.6. The van der Waals surface area contributed by atoms with E-state index in [0.29, 0.717) is 18.3 Å². The van der Waals surface area contributed by atoms with E-state index in [2.05, 4.69) is 55.5 Å². The van der Waals surface area contributed by atoms with E-state index in [1.807, 2.05) is 56.3 Å². The Labute approximate surface area is 211 Å². The summed E-state index contributed by atoms with van der Waals surface area (Å²) in [6.07, 6.45) is 0. The number of rotatable bonds is 5. The summed E-state index contributed by atoms with van der Waals surface area (Å²) in [5, 5.41) is 7.47. The molecule has 0 spiro atoms. The van der Waals surface area contributed by atoms with Crippen molar-refractivity contribution in [2.24, 2.45) is 0 Å². The Morgan fingerprint density at radius 3 is 2.39 bits per heavy atom. The van der Waals surface area contributed by atoms with Crippen LogP contribution in [-0.2, 0) is 6.54 Å². The summed E-state index contributed by atoms with van der Waals surface area (Å²) >= 11 is 0. The van der Waals surface area contributed by atoms with Gasteiger partial charge in [-0.15, -0.1) is 0 Å². The maximum atomic E-state index is 13.4. The number of aryl methyl sites for hydroxylation is 4. The fourth-order valence-electron chi connectivity index (χ4n) is 4.59. The number of nitrogens with zero attached hydrogens (tertiary/aromatic N) is 3. The minimum atomic E-state index is -0.406. The smallest absolute Gasteiger partial charge is 0.322 e. The molecule has 4 aromatic rings. The maximum Gasteiger partial charge on any atom is 0.322 e. The molecule has 1 unspecified atom stereocenters. The first kappa shape index (κ1) is 23.5. The summed E-state index contributed by atoms with van der Waals surface area (Å²) in [4.78, 5) is 19.9. The first-order valence-electron chi connectivity index (χ1n) is 12.1. The Bertz CT molecular complexity index is 1470. The normalized spacial score (nSPS) is 15.9. The Balaban J connectivity index is 1.61. The van der Waals surface area contributed by atoms with Gasteiger partial charge in [0.25, 0.3) is 5.89 Å². The molecule has 0 aliphatic carbocycles. The van der Waals surface area contributed by atoms with Gasteiger partial charge >= 0.3 is 6.03 Å². The standard InChI is InChI=1S/C30H30N4O2/c1-18-9-12-24(13-10-18)28-32-29(36-33-28)26-22(5)34(17-23-8-6-7-19(2)15-23)30(35)31-27(26)25-14-11-20(3)21(4)16-25/h6-16,27H,17H2,1-5H3,(H,31,35). The molecular weight excluding hydrogens is 448 g/mol. The molecule has 0 fully saturated rings. The lowest BCUT2D eigenvalue weighted by Gasteiger charge is -2.35. The van der Waals surface area contributed by atoms with Crippen LogP contribution in [-0.4, -0.2) is 21.1 Å². The van der Waals surface area contributed by atoms with Crippen LogP contribution in [0, 0.1) is 27.7 Å². The second-order valence-electron chi connectivity index (χ2n) is 9.59. The number of benzene rings is 3. The predicted molar refractivity (Wildman–Crippen MR) is 141 cm³/mol. The van der Waals surface area contributed by atoms with Gasteiger partial charge in [0.1, 0.15) is 0 Å². The highest BCUT2D eigenvalue weighted by Crippen LogP contribution is 2.38. The highest BCUT2D eigenvalue weighted by molar-refractivity contribution is 5.87. The van der Waals surface area contributed by atoms with Gasteiger partial charge in [-0.25, -0.2) is 4.79 Å². The maximum absolute atomic E-state index is 13.4. The molecule has 6 nitrogen and oxygen atoms in total. The van der Waals surface area contributed by atoms with Crippen LogP contribution in [0.15, 0.2) is 77.0 Å². The third-order valence-corrected chi connectivity index (χ3v) is 6.85. The number of hydrogen-bond acceptors (Lipinski definition) is 4. The van der Waals surface area contributed by atoms with E-state index >= 15 is 0 Å². The van der Waals surface area contributed by atoms with E-state index in [1.54, 1.807) is 4.90 Å². The molecule has 0 radical (unpaired) electrons. The molecule has 1 aromatic heterocycles. The molecule has 1 aliphatic rings. The van der Waals surface area contributed by atoms with Gasteiger partial charge in [0.2, 0.25) is 5.82 Å². The molecule has 36 heavy (non-hydrogen) atoms. The lowest BCUT2D eigenvalue weighted by Crippen LogP contribution is -2.45. The Morgan fingerprint density at radius 2 is 1.67 bits per heavy atom. The van der Waals surface area contributed by atoms with E-state index in [4.69, 9.17) is 9.51 Å². The van der Waals surface area contributed by atoms with Crippen molar-refractivity contribution in [1.29, 1.82) is 0 Å². The first-order valence-corrected chi connectivity index (χ1v) is 12.1. The topological polar surface area (TPSA) is 71.3 Å². The summed E-state index contributed by atoms with van der Waals surface area (Å²) in [6, 6.07) is 21.9. The van der Waals surface area contributed by atoms with Crippen LogP contribution in [0.1, 0.15) is 52.2 Å². The van der Waals surface area contributed by atoms with Gasteiger partial charge in [-0.2, -0.15) is 4.98 Å². The zero-order valence-electron chi connectivity index (χ0n) is 21.3. The lowest BCUT2D eigenvalue weighted by atomic mass is 9.92.